The third kappa shape index (κ3) is 3.30. The fraction of sp³-hybridized carbons (Fsp3) is 0.500. The van der Waals surface area contributed by atoms with Crippen LogP contribution >= 0.6 is 0 Å². The molecule has 20 heavy (non-hydrogen) atoms. The Hall–Kier alpha value is -1.56. The smallest absolute Gasteiger partial charge is 0.409 e. The minimum Gasteiger partial charge on any atom is -0.450 e. The summed E-state index contributed by atoms with van der Waals surface area (Å²) in [5.74, 6) is -0.0224. The minimum absolute atomic E-state index is 0.0224. The molecule has 0 bridgehead atoms. The second-order valence-corrected chi connectivity index (χ2v) is 7.04. The molecule has 110 valence electrons. The zero-order chi connectivity index (χ0) is 14.6. The maximum absolute atomic E-state index is 12.3. The Morgan fingerprint density at radius 3 is 2.65 bits per heavy atom. The van der Waals surface area contributed by atoms with Crippen LogP contribution in [0, 0.1) is 0 Å². The van der Waals surface area contributed by atoms with Crippen LogP contribution in [0.2, 0.25) is 0 Å². The van der Waals surface area contributed by atoms with Gasteiger partial charge in [-0.15, -0.1) is 0 Å². The molecular formula is C14H19NO4S. The zero-order valence-electron chi connectivity index (χ0n) is 11.5. The summed E-state index contributed by atoms with van der Waals surface area (Å²) >= 11 is 0. The van der Waals surface area contributed by atoms with E-state index in [1.54, 1.807) is 6.92 Å². The molecule has 1 heterocycles. The lowest BCUT2D eigenvalue weighted by atomic mass is 10.1. The van der Waals surface area contributed by atoms with Crippen LogP contribution in [0.25, 0.3) is 0 Å². The molecule has 2 rings (SSSR count). The predicted octanol–water partition coefficient (Wildman–Crippen LogP) is 2.00. The van der Waals surface area contributed by atoms with E-state index in [0.29, 0.717) is 19.6 Å². The molecule has 1 aliphatic heterocycles. The van der Waals surface area contributed by atoms with Gasteiger partial charge in [0.15, 0.2) is 9.84 Å². The largest absolute Gasteiger partial charge is 0.450 e. The lowest BCUT2D eigenvalue weighted by molar-refractivity contribution is 0.109. The molecule has 5 nitrogen and oxygen atoms in total. The molecule has 0 saturated carbocycles. The Labute approximate surface area is 119 Å². The second-order valence-electron chi connectivity index (χ2n) is 4.74. The van der Waals surface area contributed by atoms with E-state index in [9.17, 15) is 13.2 Å². The summed E-state index contributed by atoms with van der Waals surface area (Å²) < 4.78 is 29.6. The molecule has 0 N–H and O–H groups in total. The maximum atomic E-state index is 12.3. The van der Waals surface area contributed by atoms with Crippen molar-refractivity contribution in [3.05, 3.63) is 35.9 Å². The van der Waals surface area contributed by atoms with Gasteiger partial charge in [-0.3, -0.25) is 0 Å². The summed E-state index contributed by atoms with van der Waals surface area (Å²) in [5.41, 5.74) is 0.790. The first-order valence-electron chi connectivity index (χ1n) is 6.73. The van der Waals surface area contributed by atoms with E-state index in [1.165, 1.54) is 4.90 Å². The number of hydrogen-bond acceptors (Lipinski definition) is 4. The summed E-state index contributed by atoms with van der Waals surface area (Å²) in [6, 6.07) is 9.17. The van der Waals surface area contributed by atoms with Gasteiger partial charge >= 0.3 is 6.09 Å². The zero-order valence-corrected chi connectivity index (χ0v) is 12.3. The molecule has 0 aromatic heterocycles. The minimum atomic E-state index is -3.24. The summed E-state index contributed by atoms with van der Waals surface area (Å²) in [7, 11) is -3.24. The molecule has 0 aliphatic carbocycles. The van der Waals surface area contributed by atoms with Crippen molar-refractivity contribution in [1.82, 2.24) is 4.90 Å². The number of rotatable bonds is 2. The number of hydrogen-bond donors (Lipinski definition) is 0. The average molecular weight is 297 g/mol. The summed E-state index contributed by atoms with van der Waals surface area (Å²) in [6.07, 6.45) is -0.0260. The molecule has 0 radical (unpaired) electrons. The van der Waals surface area contributed by atoms with Crippen molar-refractivity contribution in [2.45, 2.75) is 18.6 Å². The average Bonchev–Trinajstić information content (AvgIpc) is 2.58. The number of carbonyl (C=O) groups is 1. The highest BCUT2D eigenvalue weighted by Gasteiger charge is 2.32. The number of amides is 1. The first kappa shape index (κ1) is 14.8. The lowest BCUT2D eigenvalue weighted by Gasteiger charge is -2.18. The third-order valence-electron chi connectivity index (χ3n) is 3.44. The van der Waals surface area contributed by atoms with Crippen molar-refractivity contribution >= 4 is 15.9 Å². The monoisotopic (exact) mass is 297 g/mol. The predicted molar refractivity (Wildman–Crippen MR) is 76.2 cm³/mol. The first-order valence-corrected chi connectivity index (χ1v) is 8.44. The van der Waals surface area contributed by atoms with Gasteiger partial charge in [-0.25, -0.2) is 13.2 Å². The third-order valence-corrected chi connectivity index (χ3v) is 5.56. The van der Waals surface area contributed by atoms with E-state index >= 15 is 0 Å². The topological polar surface area (TPSA) is 63.7 Å². The van der Waals surface area contributed by atoms with Crippen LogP contribution in [0.15, 0.2) is 30.3 Å². The van der Waals surface area contributed by atoms with E-state index in [4.69, 9.17) is 4.74 Å². The SMILES string of the molecule is CCOC(=O)N1CC[C@@H](c2ccccc2)S(=O)(=O)CC1. The van der Waals surface area contributed by atoms with Crippen molar-refractivity contribution in [2.24, 2.45) is 0 Å². The Balaban J connectivity index is 2.18. The van der Waals surface area contributed by atoms with E-state index in [0.717, 1.165) is 5.56 Å². The van der Waals surface area contributed by atoms with Gasteiger partial charge in [0.2, 0.25) is 0 Å². The molecule has 1 aromatic carbocycles. The molecule has 1 saturated heterocycles. The van der Waals surface area contributed by atoms with Crippen LogP contribution in [-0.4, -0.2) is 44.9 Å². The van der Waals surface area contributed by atoms with Gasteiger partial charge in [0, 0.05) is 13.1 Å². The van der Waals surface area contributed by atoms with Gasteiger partial charge in [0.1, 0.15) is 0 Å². The number of benzene rings is 1. The molecule has 1 aromatic rings. The number of sulfone groups is 1. The van der Waals surface area contributed by atoms with Crippen molar-refractivity contribution in [2.75, 3.05) is 25.4 Å². The summed E-state index contributed by atoms with van der Waals surface area (Å²) in [5, 5.41) is -0.539. The van der Waals surface area contributed by atoms with Crippen LogP contribution in [-0.2, 0) is 14.6 Å². The van der Waals surface area contributed by atoms with Crippen LogP contribution in [0.1, 0.15) is 24.2 Å². The summed E-state index contributed by atoms with van der Waals surface area (Å²) in [4.78, 5) is 13.2. The van der Waals surface area contributed by atoms with Crippen molar-refractivity contribution in [3.8, 4) is 0 Å². The van der Waals surface area contributed by atoms with Gasteiger partial charge in [-0.1, -0.05) is 30.3 Å². The van der Waals surface area contributed by atoms with Crippen LogP contribution < -0.4 is 0 Å². The normalized spacial score (nSPS) is 22.1. The highest BCUT2D eigenvalue weighted by Crippen LogP contribution is 2.29. The van der Waals surface area contributed by atoms with E-state index in [-0.39, 0.29) is 12.3 Å². The van der Waals surface area contributed by atoms with Crippen LogP contribution in [0.5, 0.6) is 0 Å². The highest BCUT2D eigenvalue weighted by molar-refractivity contribution is 7.91. The molecule has 6 heteroatoms. The number of nitrogens with zero attached hydrogens (tertiary/aromatic N) is 1. The Morgan fingerprint density at radius 2 is 2.00 bits per heavy atom. The van der Waals surface area contributed by atoms with Gasteiger partial charge in [-0.05, 0) is 18.9 Å². The van der Waals surface area contributed by atoms with E-state index in [1.807, 2.05) is 30.3 Å². The number of ether oxygens (including phenoxy) is 1. The standard InChI is InChI=1S/C14H19NO4S/c1-2-19-14(16)15-9-8-13(20(17,18)11-10-15)12-6-4-3-5-7-12/h3-7,13H,2,8-11H2,1H3/t13-/m0/s1. The molecule has 0 spiro atoms. The van der Waals surface area contributed by atoms with Crippen molar-refractivity contribution in [1.29, 1.82) is 0 Å². The van der Waals surface area contributed by atoms with Gasteiger partial charge in [0.25, 0.3) is 0 Å². The fourth-order valence-electron chi connectivity index (χ4n) is 2.38. The second kappa shape index (κ2) is 6.26. The maximum Gasteiger partial charge on any atom is 0.409 e. The van der Waals surface area contributed by atoms with Crippen LogP contribution in [0.4, 0.5) is 4.79 Å². The fourth-order valence-corrected chi connectivity index (χ4v) is 4.18. The summed E-state index contributed by atoms with van der Waals surface area (Å²) in [6.45, 7) is 2.63. The highest BCUT2D eigenvalue weighted by atomic mass is 32.2. The van der Waals surface area contributed by atoms with Crippen LogP contribution in [0.3, 0.4) is 0 Å². The van der Waals surface area contributed by atoms with Gasteiger partial charge < -0.3 is 9.64 Å². The molecule has 0 unspecified atom stereocenters. The van der Waals surface area contributed by atoms with Gasteiger partial charge in [-0.2, -0.15) is 0 Å². The first-order chi connectivity index (χ1) is 9.54. The number of carbonyl (C=O) groups excluding carboxylic acids is 1. The Kier molecular flexibility index (Phi) is 4.65. The Bertz CT molecular complexity index is 556. The molecular weight excluding hydrogens is 278 g/mol. The Morgan fingerprint density at radius 1 is 1.30 bits per heavy atom. The molecule has 1 fully saturated rings. The van der Waals surface area contributed by atoms with Gasteiger partial charge in [0.05, 0.1) is 17.6 Å². The van der Waals surface area contributed by atoms with Crippen molar-refractivity contribution in [3.63, 3.8) is 0 Å². The lowest BCUT2D eigenvalue weighted by Crippen LogP contribution is -2.34. The molecule has 1 amide bonds. The van der Waals surface area contributed by atoms with E-state index in [2.05, 4.69) is 0 Å². The quantitative estimate of drug-likeness (QED) is 0.837. The van der Waals surface area contributed by atoms with Crippen molar-refractivity contribution < 1.29 is 17.9 Å². The molecule has 1 atom stereocenters. The van der Waals surface area contributed by atoms with E-state index < -0.39 is 21.2 Å². The molecule has 1 aliphatic rings.